The van der Waals surface area contributed by atoms with Crippen LogP contribution in [0.3, 0.4) is 0 Å². The van der Waals surface area contributed by atoms with E-state index in [0.29, 0.717) is 5.69 Å². The molecular weight excluding hydrogens is 150 g/mol. The first-order valence-corrected chi connectivity index (χ1v) is 3.96. The van der Waals surface area contributed by atoms with Crippen LogP contribution in [-0.4, -0.2) is 10.5 Å². The molecule has 0 radical (unpaired) electrons. The average Bonchev–Trinajstić information content (AvgIpc) is 1.82. The lowest BCUT2D eigenvalue weighted by Crippen LogP contribution is -2.26. The summed E-state index contributed by atoms with van der Waals surface area (Å²) in [5.41, 5.74) is 7.27. The summed E-state index contributed by atoms with van der Waals surface area (Å²) < 4.78 is 0. The monoisotopic (exact) mass is 165 g/mol. The summed E-state index contributed by atoms with van der Waals surface area (Å²) in [6.45, 7) is 6.28. The molecule has 1 rings (SSSR count). The summed E-state index contributed by atoms with van der Waals surface area (Å²) in [4.78, 5) is 3.98. The summed E-state index contributed by atoms with van der Waals surface area (Å²) in [6, 6.07) is 1.87. The highest BCUT2D eigenvalue weighted by atomic mass is 15.0. The van der Waals surface area contributed by atoms with E-state index in [1.807, 2.05) is 6.07 Å². The molecule has 0 amide bonds. The number of nitrogen functional groups attached to an aromatic ring is 1. The fourth-order valence-electron chi connectivity index (χ4n) is 0.959. The van der Waals surface area contributed by atoms with Crippen LogP contribution in [0.1, 0.15) is 20.8 Å². The second kappa shape index (κ2) is 3.01. The molecule has 0 unspecified atom stereocenters. The number of hydrogen-bond donors (Lipinski definition) is 2. The number of nitrogens with zero attached hydrogens (tertiary/aromatic N) is 1. The number of anilines is 2. The molecule has 0 bridgehead atoms. The van der Waals surface area contributed by atoms with E-state index < -0.39 is 0 Å². The first-order valence-electron chi connectivity index (χ1n) is 3.96. The van der Waals surface area contributed by atoms with Crippen LogP contribution in [0.4, 0.5) is 11.4 Å². The molecule has 0 aliphatic heterocycles. The lowest BCUT2D eigenvalue weighted by atomic mass is 10.1. The molecule has 12 heavy (non-hydrogen) atoms. The molecule has 0 aliphatic carbocycles. The van der Waals surface area contributed by atoms with Crippen molar-refractivity contribution in [1.29, 1.82) is 0 Å². The molecule has 0 fully saturated rings. The molecule has 1 heterocycles. The van der Waals surface area contributed by atoms with E-state index in [0.717, 1.165) is 5.69 Å². The third-order valence-electron chi connectivity index (χ3n) is 1.28. The Morgan fingerprint density at radius 3 is 2.50 bits per heavy atom. The van der Waals surface area contributed by atoms with E-state index in [2.05, 4.69) is 31.1 Å². The molecule has 1 aromatic heterocycles. The highest BCUT2D eigenvalue weighted by Gasteiger charge is 2.08. The fourth-order valence-corrected chi connectivity index (χ4v) is 0.959. The predicted octanol–water partition coefficient (Wildman–Crippen LogP) is 1.87. The fraction of sp³-hybridized carbons (Fsp3) is 0.444. The molecule has 3 heteroatoms. The van der Waals surface area contributed by atoms with E-state index >= 15 is 0 Å². The van der Waals surface area contributed by atoms with Crippen LogP contribution in [0.25, 0.3) is 0 Å². The van der Waals surface area contributed by atoms with Crippen LogP contribution in [0.15, 0.2) is 18.5 Å². The normalized spacial score (nSPS) is 11.2. The van der Waals surface area contributed by atoms with Gasteiger partial charge in [0.25, 0.3) is 0 Å². The quantitative estimate of drug-likeness (QED) is 0.668. The lowest BCUT2D eigenvalue weighted by molar-refractivity contribution is 0.633. The molecule has 0 atom stereocenters. The van der Waals surface area contributed by atoms with Crippen LogP contribution >= 0.6 is 0 Å². The van der Waals surface area contributed by atoms with Crippen molar-refractivity contribution in [1.82, 2.24) is 4.98 Å². The zero-order valence-electron chi connectivity index (χ0n) is 7.76. The SMILES string of the molecule is CC(C)(C)Nc1cncc(N)c1. The van der Waals surface area contributed by atoms with Crippen LogP contribution < -0.4 is 11.1 Å². The topological polar surface area (TPSA) is 50.9 Å². The van der Waals surface area contributed by atoms with Gasteiger partial charge >= 0.3 is 0 Å². The Hall–Kier alpha value is -1.25. The Morgan fingerprint density at radius 2 is 2.00 bits per heavy atom. The minimum atomic E-state index is 0.0511. The van der Waals surface area contributed by atoms with Gasteiger partial charge in [0.1, 0.15) is 0 Å². The largest absolute Gasteiger partial charge is 0.397 e. The standard InChI is InChI=1S/C9H15N3/c1-9(2,3)12-8-4-7(10)5-11-6-8/h4-6,12H,10H2,1-3H3. The average molecular weight is 165 g/mol. The third kappa shape index (κ3) is 2.78. The van der Waals surface area contributed by atoms with Gasteiger partial charge in [-0.1, -0.05) is 0 Å². The van der Waals surface area contributed by atoms with Crippen molar-refractivity contribution in [2.24, 2.45) is 0 Å². The van der Waals surface area contributed by atoms with E-state index in [-0.39, 0.29) is 5.54 Å². The molecular formula is C9H15N3. The van der Waals surface area contributed by atoms with Gasteiger partial charge in [-0.15, -0.1) is 0 Å². The summed E-state index contributed by atoms with van der Waals surface area (Å²) in [5.74, 6) is 0. The van der Waals surface area contributed by atoms with Crippen molar-refractivity contribution >= 4 is 11.4 Å². The summed E-state index contributed by atoms with van der Waals surface area (Å²) >= 11 is 0. The van der Waals surface area contributed by atoms with E-state index in [1.54, 1.807) is 12.4 Å². The van der Waals surface area contributed by atoms with E-state index in [1.165, 1.54) is 0 Å². The number of rotatable bonds is 1. The highest BCUT2D eigenvalue weighted by molar-refractivity contribution is 5.52. The molecule has 0 saturated heterocycles. The summed E-state index contributed by atoms with van der Waals surface area (Å²) in [5, 5.41) is 3.28. The van der Waals surface area contributed by atoms with Crippen LogP contribution in [-0.2, 0) is 0 Å². The molecule has 0 aliphatic rings. The van der Waals surface area contributed by atoms with Gasteiger partial charge < -0.3 is 11.1 Å². The van der Waals surface area contributed by atoms with E-state index in [9.17, 15) is 0 Å². The highest BCUT2D eigenvalue weighted by Crippen LogP contribution is 2.15. The lowest BCUT2D eigenvalue weighted by Gasteiger charge is -2.21. The number of aromatic nitrogens is 1. The first-order chi connectivity index (χ1) is 5.47. The maximum absolute atomic E-state index is 5.57. The maximum Gasteiger partial charge on any atom is 0.0551 e. The zero-order valence-corrected chi connectivity index (χ0v) is 7.76. The number of nitrogens with two attached hydrogens (primary N) is 1. The molecule has 0 saturated carbocycles. The van der Waals surface area contributed by atoms with Crippen LogP contribution in [0.2, 0.25) is 0 Å². The predicted molar refractivity (Wildman–Crippen MR) is 52.0 cm³/mol. The van der Waals surface area contributed by atoms with Gasteiger partial charge in [0.05, 0.1) is 17.6 Å². The molecule has 0 aromatic carbocycles. The molecule has 66 valence electrons. The number of pyridine rings is 1. The van der Waals surface area contributed by atoms with Gasteiger partial charge in [0, 0.05) is 11.7 Å². The number of hydrogen-bond acceptors (Lipinski definition) is 3. The zero-order chi connectivity index (χ0) is 9.19. The van der Waals surface area contributed by atoms with Crippen LogP contribution in [0.5, 0.6) is 0 Å². The Bertz CT molecular complexity index is 263. The molecule has 3 nitrogen and oxygen atoms in total. The second-order valence-electron chi connectivity index (χ2n) is 3.88. The van der Waals surface area contributed by atoms with Crippen molar-refractivity contribution in [3.8, 4) is 0 Å². The van der Waals surface area contributed by atoms with Gasteiger partial charge in [0.15, 0.2) is 0 Å². The Kier molecular flexibility index (Phi) is 2.22. The summed E-state index contributed by atoms with van der Waals surface area (Å²) in [7, 11) is 0. The van der Waals surface area contributed by atoms with Crippen molar-refractivity contribution in [2.45, 2.75) is 26.3 Å². The van der Waals surface area contributed by atoms with Gasteiger partial charge in [-0.05, 0) is 26.8 Å². The minimum absolute atomic E-state index is 0.0511. The second-order valence-corrected chi connectivity index (χ2v) is 3.88. The maximum atomic E-state index is 5.57. The molecule has 3 N–H and O–H groups in total. The summed E-state index contributed by atoms with van der Waals surface area (Å²) in [6.07, 6.45) is 3.40. The van der Waals surface area contributed by atoms with Crippen molar-refractivity contribution < 1.29 is 0 Å². The molecule has 0 spiro atoms. The Morgan fingerprint density at radius 1 is 1.33 bits per heavy atom. The van der Waals surface area contributed by atoms with Crippen molar-refractivity contribution in [3.63, 3.8) is 0 Å². The smallest absolute Gasteiger partial charge is 0.0551 e. The van der Waals surface area contributed by atoms with Gasteiger partial charge in [-0.3, -0.25) is 4.98 Å². The van der Waals surface area contributed by atoms with Gasteiger partial charge in [-0.2, -0.15) is 0 Å². The minimum Gasteiger partial charge on any atom is -0.397 e. The Balaban J connectivity index is 2.77. The van der Waals surface area contributed by atoms with Gasteiger partial charge in [-0.25, -0.2) is 0 Å². The van der Waals surface area contributed by atoms with Gasteiger partial charge in [0.2, 0.25) is 0 Å². The van der Waals surface area contributed by atoms with E-state index in [4.69, 9.17) is 5.73 Å². The third-order valence-corrected chi connectivity index (χ3v) is 1.28. The van der Waals surface area contributed by atoms with Crippen molar-refractivity contribution in [2.75, 3.05) is 11.1 Å². The Labute approximate surface area is 73.0 Å². The molecule has 1 aromatic rings. The van der Waals surface area contributed by atoms with Crippen LogP contribution in [0, 0.1) is 0 Å². The van der Waals surface area contributed by atoms with Crippen molar-refractivity contribution in [3.05, 3.63) is 18.5 Å². The first kappa shape index (κ1) is 8.84. The number of nitrogens with one attached hydrogen (secondary N) is 1.